The lowest BCUT2D eigenvalue weighted by Gasteiger charge is -2.24. The molecule has 0 bridgehead atoms. The lowest BCUT2D eigenvalue weighted by Crippen LogP contribution is -2.29. The molecule has 0 heterocycles. The summed E-state index contributed by atoms with van der Waals surface area (Å²) in [7, 11) is 0. The van der Waals surface area contributed by atoms with Gasteiger partial charge in [0.15, 0.2) is 0 Å². The molecule has 0 aliphatic heterocycles. The zero-order chi connectivity index (χ0) is 18.4. The van der Waals surface area contributed by atoms with E-state index in [1.807, 2.05) is 13.8 Å². The van der Waals surface area contributed by atoms with Gasteiger partial charge in [-0.3, -0.25) is 9.89 Å². The Hall–Kier alpha value is -0.930. The van der Waals surface area contributed by atoms with Crippen LogP contribution in [0.4, 0.5) is 0 Å². The van der Waals surface area contributed by atoms with E-state index in [9.17, 15) is 0 Å². The van der Waals surface area contributed by atoms with Crippen LogP contribution < -0.4 is 0 Å². The van der Waals surface area contributed by atoms with Gasteiger partial charge in [0.1, 0.15) is 0 Å². The quantitative estimate of drug-likeness (QED) is 0.310. The third-order valence-electron chi connectivity index (χ3n) is 4.01. The summed E-state index contributed by atoms with van der Waals surface area (Å²) in [6, 6.07) is 0. The van der Waals surface area contributed by atoms with E-state index in [4.69, 9.17) is 4.74 Å². The molecule has 0 aromatic rings. The minimum Gasteiger partial charge on any atom is -0.373 e. The average Bonchev–Trinajstić information content (AvgIpc) is 2.55. The van der Waals surface area contributed by atoms with Crippen molar-refractivity contribution in [2.75, 3.05) is 26.2 Å². The van der Waals surface area contributed by atoms with Crippen LogP contribution in [0.1, 0.15) is 67.2 Å². The molecule has 0 fully saturated rings. The summed E-state index contributed by atoms with van der Waals surface area (Å²) in [6.45, 7) is 20.8. The molecule has 0 spiro atoms. The molecule has 140 valence electrons. The average molecular weight is 337 g/mol. The van der Waals surface area contributed by atoms with Crippen molar-refractivity contribution in [3.63, 3.8) is 0 Å². The van der Waals surface area contributed by atoms with Crippen molar-refractivity contribution < 1.29 is 4.74 Å². The molecule has 0 saturated carbocycles. The van der Waals surface area contributed by atoms with Gasteiger partial charge in [-0.2, -0.15) is 0 Å². The van der Waals surface area contributed by atoms with Gasteiger partial charge in [0.25, 0.3) is 0 Å². The number of nitrogens with zero attached hydrogens (tertiary/aromatic N) is 2. The molecular weight excluding hydrogens is 296 g/mol. The summed E-state index contributed by atoms with van der Waals surface area (Å²) in [5.41, 5.74) is 2.34. The second-order valence-corrected chi connectivity index (χ2v) is 7.17. The Balaban J connectivity index is 4.80. The first-order valence-corrected chi connectivity index (χ1v) is 9.62. The maximum absolute atomic E-state index is 5.62. The molecule has 3 heteroatoms. The Kier molecular flexibility index (Phi) is 13.9. The molecular formula is C21H40N2O. The number of aliphatic imine (C=N–C) groups is 1. The highest BCUT2D eigenvalue weighted by Crippen LogP contribution is 2.11. The van der Waals surface area contributed by atoms with Crippen LogP contribution in [0, 0.1) is 5.92 Å². The number of hydrogen-bond acceptors (Lipinski definition) is 3. The second-order valence-electron chi connectivity index (χ2n) is 7.17. The number of unbranched alkanes of at least 4 members (excludes halogenated alkanes) is 1. The lowest BCUT2D eigenvalue weighted by atomic mass is 10.1. The highest BCUT2D eigenvalue weighted by atomic mass is 16.5. The molecule has 0 saturated heterocycles. The van der Waals surface area contributed by atoms with Crippen molar-refractivity contribution in [3.05, 3.63) is 23.4 Å². The van der Waals surface area contributed by atoms with Crippen molar-refractivity contribution in [1.82, 2.24) is 4.90 Å². The highest BCUT2D eigenvalue weighted by molar-refractivity contribution is 5.31. The zero-order valence-corrected chi connectivity index (χ0v) is 17.0. The van der Waals surface area contributed by atoms with E-state index in [1.165, 1.54) is 37.9 Å². The summed E-state index contributed by atoms with van der Waals surface area (Å²) in [5.74, 6) is 0.757. The molecule has 0 unspecified atom stereocenters. The first-order valence-electron chi connectivity index (χ1n) is 9.62. The summed E-state index contributed by atoms with van der Waals surface area (Å²) >= 11 is 0. The minimum atomic E-state index is 0.213. The monoisotopic (exact) mass is 336 g/mol. The van der Waals surface area contributed by atoms with Gasteiger partial charge in [-0.05, 0) is 64.9 Å². The normalized spacial score (nSPS) is 13.4. The molecule has 0 aromatic carbocycles. The molecule has 0 N–H and O–H groups in total. The second kappa shape index (κ2) is 14.4. The fraction of sp³-hybridized carbons (Fsp3) is 0.762. The fourth-order valence-corrected chi connectivity index (χ4v) is 2.27. The molecule has 0 aliphatic rings. The van der Waals surface area contributed by atoms with Crippen LogP contribution >= 0.6 is 0 Å². The lowest BCUT2D eigenvalue weighted by molar-refractivity contribution is 0.0969. The van der Waals surface area contributed by atoms with Crippen LogP contribution in [-0.2, 0) is 4.74 Å². The molecule has 0 aliphatic carbocycles. The van der Waals surface area contributed by atoms with E-state index in [-0.39, 0.29) is 6.10 Å². The maximum Gasteiger partial charge on any atom is 0.0891 e. The van der Waals surface area contributed by atoms with E-state index in [1.54, 1.807) is 0 Å². The largest absolute Gasteiger partial charge is 0.373 e. The molecule has 24 heavy (non-hydrogen) atoms. The standard InChI is InChI=1S/C21H40N2O/c1-8-10-14-23(15-13-18(3)4)16-20(9-2)11-12-21(22-7)17-24-19(5)6/h11-12,18-19H,7-10,13-17H2,1-6H3/b20-11+,21-12-. The van der Waals surface area contributed by atoms with E-state index in [0.717, 1.165) is 24.6 Å². The number of allylic oxidation sites excluding steroid dienone is 2. The van der Waals surface area contributed by atoms with E-state index in [0.29, 0.717) is 6.61 Å². The maximum atomic E-state index is 5.62. The Morgan fingerprint density at radius 1 is 1.12 bits per heavy atom. The number of ether oxygens (including phenoxy) is 1. The molecule has 0 radical (unpaired) electrons. The Bertz CT molecular complexity index is 383. The molecule has 0 rings (SSSR count). The molecule has 0 aromatic heterocycles. The van der Waals surface area contributed by atoms with E-state index in [2.05, 4.69) is 56.5 Å². The van der Waals surface area contributed by atoms with Crippen LogP contribution in [0.15, 0.2) is 28.4 Å². The van der Waals surface area contributed by atoms with Crippen LogP contribution in [0.5, 0.6) is 0 Å². The zero-order valence-electron chi connectivity index (χ0n) is 17.0. The predicted molar refractivity (Wildman–Crippen MR) is 108 cm³/mol. The van der Waals surface area contributed by atoms with Gasteiger partial charge in [0, 0.05) is 6.54 Å². The third kappa shape index (κ3) is 12.5. The summed E-state index contributed by atoms with van der Waals surface area (Å²) in [6.07, 6.45) is 9.34. The summed E-state index contributed by atoms with van der Waals surface area (Å²) in [4.78, 5) is 6.68. The van der Waals surface area contributed by atoms with Crippen LogP contribution in [-0.4, -0.2) is 44.0 Å². The third-order valence-corrected chi connectivity index (χ3v) is 4.01. The Morgan fingerprint density at radius 3 is 2.33 bits per heavy atom. The van der Waals surface area contributed by atoms with Crippen LogP contribution in [0.3, 0.4) is 0 Å². The smallest absolute Gasteiger partial charge is 0.0891 e. The van der Waals surface area contributed by atoms with Crippen molar-refractivity contribution in [2.24, 2.45) is 10.9 Å². The van der Waals surface area contributed by atoms with Crippen molar-refractivity contribution in [1.29, 1.82) is 0 Å². The van der Waals surface area contributed by atoms with Crippen molar-refractivity contribution >= 4 is 6.72 Å². The molecule has 0 amide bonds. The number of hydrogen-bond donors (Lipinski definition) is 0. The minimum absolute atomic E-state index is 0.213. The summed E-state index contributed by atoms with van der Waals surface area (Å²) in [5, 5.41) is 0. The SMILES string of the molecule is C=N/C(=C\C=C(/CC)CN(CCCC)CCC(C)C)COC(C)C. The van der Waals surface area contributed by atoms with Gasteiger partial charge in [-0.25, -0.2) is 0 Å². The van der Waals surface area contributed by atoms with E-state index < -0.39 is 0 Å². The van der Waals surface area contributed by atoms with Crippen molar-refractivity contribution in [2.45, 2.75) is 73.3 Å². The van der Waals surface area contributed by atoms with Gasteiger partial charge in [-0.15, -0.1) is 0 Å². The van der Waals surface area contributed by atoms with Gasteiger partial charge < -0.3 is 4.74 Å². The van der Waals surface area contributed by atoms with E-state index >= 15 is 0 Å². The van der Waals surface area contributed by atoms with Gasteiger partial charge in [0.2, 0.25) is 0 Å². The van der Waals surface area contributed by atoms with Gasteiger partial charge >= 0.3 is 0 Å². The Labute approximate surface area is 150 Å². The van der Waals surface area contributed by atoms with Gasteiger partial charge in [-0.1, -0.05) is 45.8 Å². The molecule has 0 atom stereocenters. The van der Waals surface area contributed by atoms with Crippen LogP contribution in [0.2, 0.25) is 0 Å². The Morgan fingerprint density at radius 2 is 1.83 bits per heavy atom. The first kappa shape index (κ1) is 23.1. The molecule has 3 nitrogen and oxygen atoms in total. The van der Waals surface area contributed by atoms with Crippen molar-refractivity contribution in [3.8, 4) is 0 Å². The topological polar surface area (TPSA) is 24.8 Å². The van der Waals surface area contributed by atoms with Gasteiger partial charge in [0.05, 0.1) is 18.4 Å². The summed E-state index contributed by atoms with van der Waals surface area (Å²) < 4.78 is 5.62. The fourth-order valence-electron chi connectivity index (χ4n) is 2.27. The number of rotatable bonds is 14. The van der Waals surface area contributed by atoms with Crippen LogP contribution in [0.25, 0.3) is 0 Å². The first-order chi connectivity index (χ1) is 11.4. The highest BCUT2D eigenvalue weighted by Gasteiger charge is 2.08. The predicted octanol–water partition coefficient (Wildman–Crippen LogP) is 5.48.